The van der Waals surface area contributed by atoms with E-state index in [2.05, 4.69) is 15.5 Å². The highest BCUT2D eigenvalue weighted by atomic mass is 35.5. The Kier molecular flexibility index (Phi) is 3.78. The number of hydrogen-bond donors (Lipinski definition) is 2. The molecule has 94 valence electrons. The van der Waals surface area contributed by atoms with Crippen LogP contribution >= 0.6 is 22.9 Å². The predicted octanol–water partition coefficient (Wildman–Crippen LogP) is 2.71. The maximum Gasteiger partial charge on any atom is 0.257 e. The summed E-state index contributed by atoms with van der Waals surface area (Å²) in [4.78, 5) is 11.9. The first-order valence-corrected chi connectivity index (χ1v) is 6.42. The number of halogens is 1. The summed E-state index contributed by atoms with van der Waals surface area (Å²) in [7, 11) is 0. The van der Waals surface area contributed by atoms with Crippen LogP contribution in [0.3, 0.4) is 0 Å². The van der Waals surface area contributed by atoms with Gasteiger partial charge in [0.05, 0.1) is 5.02 Å². The number of nitrogens with one attached hydrogen (secondary N) is 1. The summed E-state index contributed by atoms with van der Waals surface area (Å²) in [5, 5.41) is 21.1. The number of carbonyl (C=O) groups excluding carboxylic acids is 1. The lowest BCUT2D eigenvalue weighted by atomic mass is 10.2. The molecule has 2 aromatic rings. The van der Waals surface area contributed by atoms with Crippen LogP contribution in [0, 0.1) is 0 Å². The third-order valence-corrected chi connectivity index (χ3v) is 3.49. The van der Waals surface area contributed by atoms with Crippen LogP contribution in [0.2, 0.25) is 5.02 Å². The van der Waals surface area contributed by atoms with E-state index in [1.165, 1.54) is 29.5 Å². The van der Waals surface area contributed by atoms with Crippen molar-refractivity contribution in [3.8, 4) is 5.75 Å². The van der Waals surface area contributed by atoms with Gasteiger partial charge in [-0.15, -0.1) is 10.2 Å². The van der Waals surface area contributed by atoms with Gasteiger partial charge in [0.15, 0.2) is 0 Å². The molecule has 2 N–H and O–H groups in total. The Hall–Kier alpha value is -1.66. The molecular formula is C11H10ClN3O2S. The van der Waals surface area contributed by atoms with Crippen molar-refractivity contribution in [3.63, 3.8) is 0 Å². The van der Waals surface area contributed by atoms with Crippen molar-refractivity contribution in [1.82, 2.24) is 10.2 Å². The normalized spacial score (nSPS) is 10.3. The van der Waals surface area contributed by atoms with Crippen LogP contribution in [0.5, 0.6) is 5.75 Å². The lowest BCUT2D eigenvalue weighted by molar-refractivity contribution is 0.102. The van der Waals surface area contributed by atoms with Crippen LogP contribution in [0.4, 0.5) is 5.13 Å². The molecule has 0 bridgehead atoms. The van der Waals surface area contributed by atoms with Crippen LogP contribution in [0.15, 0.2) is 18.2 Å². The van der Waals surface area contributed by atoms with E-state index in [0.717, 1.165) is 11.4 Å². The largest absolute Gasteiger partial charge is 0.506 e. The highest BCUT2D eigenvalue weighted by Crippen LogP contribution is 2.24. The Morgan fingerprint density at radius 2 is 2.28 bits per heavy atom. The van der Waals surface area contributed by atoms with E-state index in [-0.39, 0.29) is 16.7 Å². The molecule has 0 radical (unpaired) electrons. The van der Waals surface area contributed by atoms with Crippen molar-refractivity contribution in [1.29, 1.82) is 0 Å². The molecular weight excluding hydrogens is 274 g/mol. The number of nitrogens with zero attached hydrogens (tertiary/aromatic N) is 2. The number of amides is 1. The number of carbonyl (C=O) groups is 1. The molecule has 0 saturated heterocycles. The summed E-state index contributed by atoms with van der Waals surface area (Å²) < 4.78 is 0. The molecule has 0 aliphatic heterocycles. The van der Waals surface area contributed by atoms with Crippen molar-refractivity contribution < 1.29 is 9.90 Å². The fourth-order valence-corrected chi connectivity index (χ4v) is 2.12. The maximum absolute atomic E-state index is 11.9. The number of hydrogen-bond acceptors (Lipinski definition) is 5. The average molecular weight is 284 g/mol. The van der Waals surface area contributed by atoms with Gasteiger partial charge in [0.1, 0.15) is 10.8 Å². The van der Waals surface area contributed by atoms with Gasteiger partial charge in [0.2, 0.25) is 5.13 Å². The number of anilines is 1. The number of phenolic OH excluding ortho intramolecular Hbond substituents is 1. The highest BCUT2D eigenvalue weighted by molar-refractivity contribution is 7.15. The molecule has 5 nitrogen and oxygen atoms in total. The van der Waals surface area contributed by atoms with Crippen LogP contribution < -0.4 is 5.32 Å². The number of phenols is 1. The van der Waals surface area contributed by atoms with E-state index in [0.29, 0.717) is 10.7 Å². The number of aromatic hydroxyl groups is 1. The molecule has 2 rings (SSSR count). The van der Waals surface area contributed by atoms with Crippen molar-refractivity contribution in [2.45, 2.75) is 13.3 Å². The molecule has 0 aliphatic carbocycles. The van der Waals surface area contributed by atoms with Crippen LogP contribution in [0.25, 0.3) is 0 Å². The Labute approximate surface area is 112 Å². The highest BCUT2D eigenvalue weighted by Gasteiger charge is 2.11. The number of aryl methyl sites for hydroxylation is 1. The molecule has 1 heterocycles. The lowest BCUT2D eigenvalue weighted by Gasteiger charge is -2.02. The van der Waals surface area contributed by atoms with Gasteiger partial charge in [-0.2, -0.15) is 0 Å². The molecule has 1 amide bonds. The number of aromatic nitrogens is 2. The van der Waals surface area contributed by atoms with Crippen molar-refractivity contribution >= 4 is 34.0 Å². The third-order valence-electron chi connectivity index (χ3n) is 2.20. The van der Waals surface area contributed by atoms with Gasteiger partial charge in [-0.25, -0.2) is 0 Å². The lowest BCUT2D eigenvalue weighted by Crippen LogP contribution is -2.11. The summed E-state index contributed by atoms with van der Waals surface area (Å²) in [6.07, 6.45) is 0.776. The molecule has 7 heteroatoms. The molecule has 0 aliphatic rings. The first kappa shape index (κ1) is 12.8. The van der Waals surface area contributed by atoms with E-state index in [1.807, 2.05) is 6.92 Å². The third kappa shape index (κ3) is 2.77. The van der Waals surface area contributed by atoms with Gasteiger partial charge < -0.3 is 5.11 Å². The summed E-state index contributed by atoms with van der Waals surface area (Å²) in [6, 6.07) is 4.25. The molecule has 0 spiro atoms. The van der Waals surface area contributed by atoms with Crippen molar-refractivity contribution in [2.75, 3.05) is 5.32 Å². The van der Waals surface area contributed by atoms with Crippen LogP contribution in [0.1, 0.15) is 22.3 Å². The van der Waals surface area contributed by atoms with Gasteiger partial charge >= 0.3 is 0 Å². The Balaban J connectivity index is 2.14. The molecule has 0 saturated carbocycles. The monoisotopic (exact) mass is 283 g/mol. The zero-order chi connectivity index (χ0) is 13.1. The fourth-order valence-electron chi connectivity index (χ4n) is 1.26. The van der Waals surface area contributed by atoms with Crippen molar-refractivity contribution in [3.05, 3.63) is 33.8 Å². The topological polar surface area (TPSA) is 75.1 Å². The van der Waals surface area contributed by atoms with E-state index < -0.39 is 0 Å². The zero-order valence-electron chi connectivity index (χ0n) is 9.48. The summed E-state index contributed by atoms with van der Waals surface area (Å²) in [5.41, 5.74) is 0.353. The minimum atomic E-state index is -0.337. The second kappa shape index (κ2) is 5.32. The van der Waals surface area contributed by atoms with Gasteiger partial charge in [0, 0.05) is 5.56 Å². The first-order valence-electron chi connectivity index (χ1n) is 5.22. The molecule has 1 aromatic heterocycles. The Bertz CT molecular complexity index is 585. The predicted molar refractivity (Wildman–Crippen MR) is 70.4 cm³/mol. The number of benzene rings is 1. The maximum atomic E-state index is 11.9. The Morgan fingerprint density at radius 1 is 1.50 bits per heavy atom. The molecule has 1 aromatic carbocycles. The summed E-state index contributed by atoms with van der Waals surface area (Å²) >= 11 is 7.06. The van der Waals surface area contributed by atoms with Crippen LogP contribution in [-0.2, 0) is 6.42 Å². The smallest absolute Gasteiger partial charge is 0.257 e. The van der Waals surface area contributed by atoms with Gasteiger partial charge in [-0.05, 0) is 24.6 Å². The zero-order valence-corrected chi connectivity index (χ0v) is 11.0. The van der Waals surface area contributed by atoms with Crippen LogP contribution in [-0.4, -0.2) is 21.2 Å². The molecule has 0 fully saturated rings. The quantitative estimate of drug-likeness (QED) is 0.908. The van der Waals surface area contributed by atoms with E-state index >= 15 is 0 Å². The van der Waals surface area contributed by atoms with E-state index in [1.54, 1.807) is 0 Å². The first-order chi connectivity index (χ1) is 8.60. The second-order valence-corrected chi connectivity index (χ2v) is 4.94. The SMILES string of the molecule is CCc1nnc(NC(=O)c2ccc(O)c(Cl)c2)s1. The fraction of sp³-hybridized carbons (Fsp3) is 0.182. The van der Waals surface area contributed by atoms with E-state index in [9.17, 15) is 9.90 Å². The average Bonchev–Trinajstić information content (AvgIpc) is 2.80. The van der Waals surface area contributed by atoms with Gasteiger partial charge in [-0.3, -0.25) is 10.1 Å². The number of rotatable bonds is 3. The standard InChI is InChI=1S/C11H10ClN3O2S/c1-2-9-14-15-11(18-9)13-10(17)6-3-4-8(16)7(12)5-6/h3-5,16H,2H2,1H3,(H,13,15,17). The van der Waals surface area contributed by atoms with Gasteiger partial charge in [0.25, 0.3) is 5.91 Å². The molecule has 18 heavy (non-hydrogen) atoms. The van der Waals surface area contributed by atoms with Crippen molar-refractivity contribution in [2.24, 2.45) is 0 Å². The molecule has 0 unspecified atom stereocenters. The summed E-state index contributed by atoms with van der Waals surface area (Å²) in [6.45, 7) is 1.96. The summed E-state index contributed by atoms with van der Waals surface area (Å²) in [5.74, 6) is -0.395. The Morgan fingerprint density at radius 3 is 2.89 bits per heavy atom. The minimum Gasteiger partial charge on any atom is -0.506 e. The second-order valence-electron chi connectivity index (χ2n) is 3.47. The van der Waals surface area contributed by atoms with E-state index in [4.69, 9.17) is 11.6 Å². The van der Waals surface area contributed by atoms with Gasteiger partial charge in [-0.1, -0.05) is 29.9 Å². The minimum absolute atomic E-state index is 0.0580. The molecule has 0 atom stereocenters.